The zero-order valence-corrected chi connectivity index (χ0v) is 18.9. The van der Waals surface area contributed by atoms with Gasteiger partial charge in [-0.3, -0.25) is 29.0 Å². The Hall–Kier alpha value is -3.60. The lowest BCUT2D eigenvalue weighted by Crippen LogP contribution is -2.43. The van der Waals surface area contributed by atoms with Crippen LogP contribution in [0.25, 0.3) is 0 Å². The maximum atomic E-state index is 13.2. The molecule has 1 fully saturated rings. The molecule has 2 aliphatic rings. The van der Waals surface area contributed by atoms with E-state index in [-0.39, 0.29) is 42.2 Å². The maximum absolute atomic E-state index is 13.2. The highest BCUT2D eigenvalue weighted by Gasteiger charge is 2.34. The minimum Gasteiger partial charge on any atom is -0.452 e. The van der Waals surface area contributed by atoms with Crippen molar-refractivity contribution in [3.8, 4) is 0 Å². The molecule has 2 aliphatic heterocycles. The summed E-state index contributed by atoms with van der Waals surface area (Å²) in [4.78, 5) is 43.3. The maximum Gasteiger partial charge on any atom is 0.308 e. The molecule has 0 radical (unpaired) electrons. The summed E-state index contributed by atoms with van der Waals surface area (Å²) in [5, 5.41) is 0. The van der Waals surface area contributed by atoms with Crippen molar-refractivity contribution in [2.24, 2.45) is 4.99 Å². The molecule has 9 nitrogen and oxygen atoms in total. The second kappa shape index (κ2) is 9.72. The highest BCUT2D eigenvalue weighted by molar-refractivity contribution is 7.90. The number of rotatable bonds is 5. The summed E-state index contributed by atoms with van der Waals surface area (Å²) < 4.78 is 45.1. The van der Waals surface area contributed by atoms with Crippen molar-refractivity contribution in [3.63, 3.8) is 0 Å². The Morgan fingerprint density at radius 2 is 1.85 bits per heavy atom. The number of fused-ring (bicyclic) bond motifs is 1. The van der Waals surface area contributed by atoms with Crippen molar-refractivity contribution in [1.82, 2.24) is 9.62 Å². The topological polar surface area (TPSA) is 122 Å². The molecule has 0 spiro atoms. The number of halogens is 1. The smallest absolute Gasteiger partial charge is 0.308 e. The molecule has 2 amide bonds. The second-order valence-corrected chi connectivity index (χ2v) is 9.51. The van der Waals surface area contributed by atoms with Gasteiger partial charge in [0.2, 0.25) is 0 Å². The molecule has 34 heavy (non-hydrogen) atoms. The first-order valence-corrected chi connectivity index (χ1v) is 12.2. The number of amides is 2. The molecule has 1 saturated heterocycles. The third-order valence-corrected chi connectivity index (χ3v) is 6.90. The lowest BCUT2D eigenvalue weighted by Gasteiger charge is -2.22. The van der Waals surface area contributed by atoms with E-state index in [0.717, 1.165) is 17.0 Å². The molecule has 0 unspecified atom stereocenters. The molecule has 2 aromatic rings. The number of benzene rings is 2. The minimum atomic E-state index is -3.68. The van der Waals surface area contributed by atoms with Crippen molar-refractivity contribution in [3.05, 3.63) is 65.5 Å². The van der Waals surface area contributed by atoms with Crippen LogP contribution in [-0.2, 0) is 24.3 Å². The van der Waals surface area contributed by atoms with Crippen LogP contribution in [0, 0.1) is 5.82 Å². The number of amidine groups is 1. The number of hydrogen-bond donors (Lipinski definition) is 1. The van der Waals surface area contributed by atoms with Crippen LogP contribution < -0.4 is 4.72 Å². The van der Waals surface area contributed by atoms with E-state index in [1.165, 1.54) is 18.2 Å². The summed E-state index contributed by atoms with van der Waals surface area (Å²) in [6.45, 7) is 0.125. The Bertz CT molecular complexity index is 1260. The van der Waals surface area contributed by atoms with Gasteiger partial charge in [0.25, 0.3) is 21.8 Å². The van der Waals surface area contributed by atoms with Gasteiger partial charge in [-0.25, -0.2) is 12.8 Å². The average Bonchev–Trinajstić information content (AvgIpc) is 2.94. The van der Waals surface area contributed by atoms with Crippen molar-refractivity contribution in [2.45, 2.75) is 36.7 Å². The van der Waals surface area contributed by atoms with E-state index in [4.69, 9.17) is 4.74 Å². The SMILES string of the molecule is O=C(CCN=C1NS(=O)(=O)c2ccccc21)O[C@@H]1CCCCN(C(=O)c2ccc(F)cc2)C1=O. The summed E-state index contributed by atoms with van der Waals surface area (Å²) in [5.74, 6) is -2.24. The van der Waals surface area contributed by atoms with Gasteiger partial charge in [-0.1, -0.05) is 12.1 Å². The Labute approximate surface area is 195 Å². The number of esters is 1. The lowest BCUT2D eigenvalue weighted by molar-refractivity contribution is -0.158. The third-order valence-electron chi connectivity index (χ3n) is 5.50. The zero-order valence-electron chi connectivity index (χ0n) is 18.1. The van der Waals surface area contributed by atoms with E-state index in [1.807, 2.05) is 0 Å². The first-order chi connectivity index (χ1) is 16.3. The van der Waals surface area contributed by atoms with Crippen LogP contribution in [0.15, 0.2) is 58.4 Å². The highest BCUT2D eigenvalue weighted by atomic mass is 32.2. The molecule has 0 aliphatic carbocycles. The summed E-state index contributed by atoms with van der Waals surface area (Å²) in [6.07, 6.45) is 0.123. The molecule has 0 saturated carbocycles. The Morgan fingerprint density at radius 3 is 2.62 bits per heavy atom. The molecule has 0 aromatic heterocycles. The van der Waals surface area contributed by atoms with E-state index < -0.39 is 39.7 Å². The molecule has 2 heterocycles. The van der Waals surface area contributed by atoms with Gasteiger partial charge in [-0.15, -0.1) is 0 Å². The summed E-state index contributed by atoms with van der Waals surface area (Å²) in [6, 6.07) is 11.2. The van der Waals surface area contributed by atoms with Crippen LogP contribution in [0.3, 0.4) is 0 Å². The third kappa shape index (κ3) is 4.98. The van der Waals surface area contributed by atoms with E-state index in [1.54, 1.807) is 18.2 Å². The van der Waals surface area contributed by atoms with Crippen molar-refractivity contribution >= 4 is 33.6 Å². The number of nitrogens with one attached hydrogen (secondary N) is 1. The zero-order chi connectivity index (χ0) is 24.3. The van der Waals surface area contributed by atoms with E-state index >= 15 is 0 Å². The summed E-state index contributed by atoms with van der Waals surface area (Å²) in [7, 11) is -3.68. The van der Waals surface area contributed by atoms with Crippen LogP contribution >= 0.6 is 0 Å². The molecule has 1 atom stereocenters. The van der Waals surface area contributed by atoms with Gasteiger partial charge >= 0.3 is 5.97 Å². The van der Waals surface area contributed by atoms with Crippen LogP contribution in [-0.4, -0.2) is 56.1 Å². The normalized spacial score (nSPS) is 20.4. The Morgan fingerprint density at radius 1 is 1.12 bits per heavy atom. The number of likely N-dealkylation sites (tertiary alicyclic amines) is 1. The number of carbonyl (C=O) groups excluding carboxylic acids is 3. The summed E-state index contributed by atoms with van der Waals surface area (Å²) in [5.41, 5.74) is 0.585. The van der Waals surface area contributed by atoms with E-state index in [2.05, 4.69) is 9.71 Å². The average molecular weight is 488 g/mol. The van der Waals surface area contributed by atoms with Crippen molar-refractivity contribution in [2.75, 3.05) is 13.1 Å². The number of carbonyl (C=O) groups is 3. The number of imide groups is 1. The fourth-order valence-electron chi connectivity index (χ4n) is 3.79. The van der Waals surface area contributed by atoms with Gasteiger partial charge in [-0.05, 0) is 55.7 Å². The van der Waals surface area contributed by atoms with Gasteiger partial charge in [0.15, 0.2) is 6.10 Å². The number of hydrogen-bond acceptors (Lipinski definition) is 7. The van der Waals surface area contributed by atoms with E-state index in [0.29, 0.717) is 18.4 Å². The molecule has 1 N–H and O–H groups in total. The Kier molecular flexibility index (Phi) is 6.73. The molecule has 0 bridgehead atoms. The predicted molar refractivity (Wildman–Crippen MR) is 119 cm³/mol. The largest absolute Gasteiger partial charge is 0.452 e. The van der Waals surface area contributed by atoms with Crippen LogP contribution in [0.4, 0.5) is 4.39 Å². The fourth-order valence-corrected chi connectivity index (χ4v) is 5.05. The van der Waals surface area contributed by atoms with E-state index in [9.17, 15) is 27.2 Å². The first-order valence-electron chi connectivity index (χ1n) is 10.7. The monoisotopic (exact) mass is 487 g/mol. The Balaban J connectivity index is 1.38. The molecule has 178 valence electrons. The minimum absolute atomic E-state index is 0.0514. The standard InChI is InChI=1S/C23H22FN3O6S/c24-16-10-8-15(9-11-16)22(29)27-14-4-3-6-18(23(27)30)33-20(28)12-13-25-21-17-5-1-2-7-19(17)34(31,32)26-21/h1-2,5,7-11,18H,3-4,6,12-14H2,(H,25,26)/t18-/m1/s1. The molecule has 2 aromatic carbocycles. The first kappa shape index (κ1) is 23.6. The van der Waals surface area contributed by atoms with Crippen molar-refractivity contribution < 1.29 is 31.9 Å². The predicted octanol–water partition coefficient (Wildman–Crippen LogP) is 2.02. The van der Waals surface area contributed by atoms with Gasteiger partial charge in [-0.2, -0.15) is 0 Å². The number of ether oxygens (including phenoxy) is 1. The van der Waals surface area contributed by atoms with Gasteiger partial charge in [0, 0.05) is 17.7 Å². The van der Waals surface area contributed by atoms with Crippen LogP contribution in [0.2, 0.25) is 0 Å². The van der Waals surface area contributed by atoms with Crippen LogP contribution in [0.5, 0.6) is 0 Å². The van der Waals surface area contributed by atoms with Gasteiger partial charge in [0.05, 0.1) is 17.9 Å². The number of aliphatic imine (C=N–C) groups is 1. The fraction of sp³-hybridized carbons (Fsp3) is 0.304. The van der Waals surface area contributed by atoms with Gasteiger partial charge in [0.1, 0.15) is 11.7 Å². The molecule has 11 heteroatoms. The number of nitrogens with zero attached hydrogens (tertiary/aromatic N) is 2. The molecular weight excluding hydrogens is 465 g/mol. The quantitative estimate of drug-likeness (QED) is 0.509. The molecule has 4 rings (SSSR count). The second-order valence-electron chi connectivity index (χ2n) is 7.86. The van der Waals surface area contributed by atoms with Crippen molar-refractivity contribution in [1.29, 1.82) is 0 Å². The number of sulfonamides is 1. The van der Waals surface area contributed by atoms with Crippen LogP contribution in [0.1, 0.15) is 41.6 Å². The highest BCUT2D eigenvalue weighted by Crippen LogP contribution is 2.22. The van der Waals surface area contributed by atoms with Gasteiger partial charge < -0.3 is 4.74 Å². The molecular formula is C23H22FN3O6S. The summed E-state index contributed by atoms with van der Waals surface area (Å²) >= 11 is 0. The lowest BCUT2D eigenvalue weighted by atomic mass is 10.1.